The number of benzene rings is 1. The SMILES string of the molecule is O=C(NCc1ccnc(N2CCNCC2)c1)c1cc2c(F)cc(F)cc2[nH]1. The molecule has 0 saturated carbocycles. The van der Waals surface area contributed by atoms with Gasteiger partial charge in [-0.25, -0.2) is 13.8 Å². The molecular formula is C19H19F2N5O. The summed E-state index contributed by atoms with van der Waals surface area (Å²) in [6, 6.07) is 7.14. The molecule has 0 spiro atoms. The molecule has 3 aromatic rings. The predicted octanol–water partition coefficient (Wildman–Crippen LogP) is 2.18. The Kier molecular flexibility index (Phi) is 4.72. The van der Waals surface area contributed by atoms with Crippen molar-refractivity contribution in [2.75, 3.05) is 31.1 Å². The standard InChI is InChI=1S/C19H19F2N5O/c20-13-8-15(21)14-10-17(25-16(14)9-13)19(27)24-11-12-1-2-23-18(7-12)26-5-3-22-4-6-26/h1-2,7-10,22,25H,3-6,11H2,(H,24,27). The summed E-state index contributed by atoms with van der Waals surface area (Å²) in [6.45, 7) is 3.92. The average molecular weight is 371 g/mol. The minimum Gasteiger partial charge on any atom is -0.354 e. The number of nitrogens with zero attached hydrogens (tertiary/aromatic N) is 2. The van der Waals surface area contributed by atoms with Gasteiger partial charge >= 0.3 is 0 Å². The number of anilines is 1. The van der Waals surface area contributed by atoms with E-state index in [9.17, 15) is 13.6 Å². The number of piperazine rings is 1. The normalized spacial score (nSPS) is 14.5. The highest BCUT2D eigenvalue weighted by Crippen LogP contribution is 2.20. The molecule has 140 valence electrons. The topological polar surface area (TPSA) is 73.1 Å². The molecule has 0 atom stereocenters. The van der Waals surface area contributed by atoms with Crippen LogP contribution in [-0.4, -0.2) is 42.1 Å². The predicted molar refractivity (Wildman–Crippen MR) is 98.7 cm³/mol. The van der Waals surface area contributed by atoms with E-state index in [0.717, 1.165) is 49.7 Å². The third kappa shape index (κ3) is 3.75. The molecule has 3 heterocycles. The molecule has 27 heavy (non-hydrogen) atoms. The zero-order valence-corrected chi connectivity index (χ0v) is 14.6. The van der Waals surface area contributed by atoms with Gasteiger partial charge in [0.15, 0.2) is 0 Å². The molecule has 1 aromatic carbocycles. The number of fused-ring (bicyclic) bond motifs is 1. The summed E-state index contributed by atoms with van der Waals surface area (Å²) in [5.74, 6) is -0.890. The van der Waals surface area contributed by atoms with Gasteiger partial charge in [0, 0.05) is 50.4 Å². The Morgan fingerprint density at radius 3 is 2.81 bits per heavy atom. The van der Waals surface area contributed by atoms with Crippen LogP contribution in [0.15, 0.2) is 36.5 Å². The van der Waals surface area contributed by atoms with Crippen molar-refractivity contribution < 1.29 is 13.6 Å². The van der Waals surface area contributed by atoms with Gasteiger partial charge in [0.05, 0.1) is 5.52 Å². The number of hydrogen-bond donors (Lipinski definition) is 3. The number of nitrogens with one attached hydrogen (secondary N) is 3. The summed E-state index contributed by atoms with van der Waals surface area (Å²) >= 11 is 0. The van der Waals surface area contributed by atoms with Gasteiger partial charge in [-0.05, 0) is 29.8 Å². The number of aromatic nitrogens is 2. The fourth-order valence-electron chi connectivity index (χ4n) is 3.20. The highest BCUT2D eigenvalue weighted by molar-refractivity contribution is 5.98. The number of carbonyl (C=O) groups is 1. The third-order valence-corrected chi connectivity index (χ3v) is 4.60. The summed E-state index contributed by atoms with van der Waals surface area (Å²) in [4.78, 5) is 21.7. The van der Waals surface area contributed by atoms with Gasteiger partial charge < -0.3 is 20.5 Å². The first-order chi connectivity index (χ1) is 13.1. The Morgan fingerprint density at radius 2 is 2.00 bits per heavy atom. The van der Waals surface area contributed by atoms with Gasteiger partial charge in [-0.1, -0.05) is 0 Å². The molecule has 0 bridgehead atoms. The highest BCUT2D eigenvalue weighted by Gasteiger charge is 2.14. The second-order valence-corrected chi connectivity index (χ2v) is 6.47. The van der Waals surface area contributed by atoms with E-state index in [1.54, 1.807) is 6.20 Å². The van der Waals surface area contributed by atoms with E-state index < -0.39 is 11.6 Å². The fourth-order valence-corrected chi connectivity index (χ4v) is 3.20. The molecule has 0 radical (unpaired) electrons. The minimum absolute atomic E-state index is 0.186. The molecule has 0 aliphatic carbocycles. The van der Waals surface area contributed by atoms with Crippen LogP contribution in [0.2, 0.25) is 0 Å². The first kappa shape index (κ1) is 17.4. The Morgan fingerprint density at radius 1 is 1.19 bits per heavy atom. The van der Waals surface area contributed by atoms with Crippen LogP contribution < -0.4 is 15.5 Å². The van der Waals surface area contributed by atoms with E-state index in [2.05, 4.69) is 25.5 Å². The number of halogens is 2. The number of carbonyl (C=O) groups excluding carboxylic acids is 1. The third-order valence-electron chi connectivity index (χ3n) is 4.60. The van der Waals surface area contributed by atoms with Crippen molar-refractivity contribution in [3.8, 4) is 0 Å². The van der Waals surface area contributed by atoms with Crippen LogP contribution in [-0.2, 0) is 6.54 Å². The molecule has 2 aromatic heterocycles. The van der Waals surface area contributed by atoms with Crippen molar-refractivity contribution >= 4 is 22.6 Å². The zero-order chi connectivity index (χ0) is 18.8. The van der Waals surface area contributed by atoms with Gasteiger partial charge in [0.25, 0.3) is 5.91 Å². The lowest BCUT2D eigenvalue weighted by Crippen LogP contribution is -2.43. The summed E-state index contributed by atoms with van der Waals surface area (Å²) in [6.07, 6.45) is 1.72. The van der Waals surface area contributed by atoms with E-state index in [1.807, 2.05) is 12.1 Å². The van der Waals surface area contributed by atoms with Crippen molar-refractivity contribution in [1.29, 1.82) is 0 Å². The quantitative estimate of drug-likeness (QED) is 0.657. The molecule has 8 heteroatoms. The van der Waals surface area contributed by atoms with Crippen molar-refractivity contribution in [2.24, 2.45) is 0 Å². The van der Waals surface area contributed by atoms with E-state index in [0.29, 0.717) is 6.54 Å². The summed E-state index contributed by atoms with van der Waals surface area (Å²) < 4.78 is 27.1. The molecule has 1 fully saturated rings. The number of aromatic amines is 1. The fraction of sp³-hybridized carbons (Fsp3) is 0.263. The molecule has 6 nitrogen and oxygen atoms in total. The minimum atomic E-state index is -0.699. The van der Waals surface area contributed by atoms with Crippen molar-refractivity contribution in [3.63, 3.8) is 0 Å². The van der Waals surface area contributed by atoms with E-state index in [-0.39, 0.29) is 22.5 Å². The van der Waals surface area contributed by atoms with Gasteiger partial charge in [-0.15, -0.1) is 0 Å². The number of rotatable bonds is 4. The van der Waals surface area contributed by atoms with Crippen LogP contribution in [0, 0.1) is 11.6 Å². The number of amides is 1. The summed E-state index contributed by atoms with van der Waals surface area (Å²) in [7, 11) is 0. The maximum absolute atomic E-state index is 13.8. The summed E-state index contributed by atoms with van der Waals surface area (Å²) in [5, 5.41) is 6.28. The largest absolute Gasteiger partial charge is 0.354 e. The van der Waals surface area contributed by atoms with Crippen LogP contribution in [0.4, 0.5) is 14.6 Å². The lowest BCUT2D eigenvalue weighted by molar-refractivity contribution is 0.0946. The number of pyridine rings is 1. The monoisotopic (exact) mass is 371 g/mol. The van der Waals surface area contributed by atoms with E-state index in [1.165, 1.54) is 6.07 Å². The first-order valence-corrected chi connectivity index (χ1v) is 8.77. The van der Waals surface area contributed by atoms with Crippen LogP contribution in [0.3, 0.4) is 0 Å². The van der Waals surface area contributed by atoms with E-state index >= 15 is 0 Å². The van der Waals surface area contributed by atoms with Crippen molar-refractivity contribution in [3.05, 3.63) is 59.4 Å². The molecule has 3 N–H and O–H groups in total. The lowest BCUT2D eigenvalue weighted by Gasteiger charge is -2.28. The Hall–Kier alpha value is -3.00. The maximum atomic E-state index is 13.8. The molecule has 4 rings (SSSR count). The molecule has 1 amide bonds. The van der Waals surface area contributed by atoms with Gasteiger partial charge in [0.1, 0.15) is 23.1 Å². The van der Waals surface area contributed by atoms with Crippen LogP contribution in [0.25, 0.3) is 10.9 Å². The molecule has 1 saturated heterocycles. The highest BCUT2D eigenvalue weighted by atomic mass is 19.1. The van der Waals surface area contributed by atoms with Gasteiger partial charge in [-0.2, -0.15) is 0 Å². The number of hydrogen-bond acceptors (Lipinski definition) is 4. The number of H-pyrrole nitrogens is 1. The second-order valence-electron chi connectivity index (χ2n) is 6.47. The Labute approximate surface area is 154 Å². The second kappa shape index (κ2) is 7.32. The molecule has 0 unspecified atom stereocenters. The Balaban J connectivity index is 1.45. The average Bonchev–Trinajstić information content (AvgIpc) is 3.11. The Bertz CT molecular complexity index is 981. The molecule has 1 aliphatic rings. The summed E-state index contributed by atoms with van der Waals surface area (Å²) in [5.41, 5.74) is 1.36. The van der Waals surface area contributed by atoms with Crippen LogP contribution in [0.5, 0.6) is 0 Å². The zero-order valence-electron chi connectivity index (χ0n) is 14.6. The molecular weight excluding hydrogens is 352 g/mol. The van der Waals surface area contributed by atoms with Crippen molar-refractivity contribution in [1.82, 2.24) is 20.6 Å². The molecule has 1 aliphatic heterocycles. The van der Waals surface area contributed by atoms with E-state index in [4.69, 9.17) is 0 Å². The van der Waals surface area contributed by atoms with Crippen LogP contribution in [0.1, 0.15) is 16.1 Å². The maximum Gasteiger partial charge on any atom is 0.267 e. The van der Waals surface area contributed by atoms with Crippen LogP contribution >= 0.6 is 0 Å². The van der Waals surface area contributed by atoms with Gasteiger partial charge in [0.2, 0.25) is 0 Å². The van der Waals surface area contributed by atoms with Gasteiger partial charge in [-0.3, -0.25) is 4.79 Å². The van der Waals surface area contributed by atoms with Crippen molar-refractivity contribution in [2.45, 2.75) is 6.54 Å². The lowest BCUT2D eigenvalue weighted by atomic mass is 10.2. The smallest absolute Gasteiger partial charge is 0.267 e. The first-order valence-electron chi connectivity index (χ1n) is 8.77.